The van der Waals surface area contributed by atoms with Gasteiger partial charge in [0.05, 0.1) is 5.71 Å². The highest BCUT2D eigenvalue weighted by Crippen LogP contribution is 2.12. The average Bonchev–Trinajstić information content (AvgIpc) is 2.77. The Kier molecular flexibility index (Phi) is 6.74. The van der Waals surface area contributed by atoms with Crippen LogP contribution in [0.1, 0.15) is 28.4 Å². The normalized spacial score (nSPS) is 11.3. The van der Waals surface area contributed by atoms with Crippen molar-refractivity contribution in [2.75, 3.05) is 5.32 Å². The van der Waals surface area contributed by atoms with Crippen LogP contribution in [-0.4, -0.2) is 22.6 Å². The third-order valence-electron chi connectivity index (χ3n) is 4.23. The smallest absolute Gasteiger partial charge is 0.271 e. The summed E-state index contributed by atoms with van der Waals surface area (Å²) >= 11 is 0. The molecule has 0 bridgehead atoms. The van der Waals surface area contributed by atoms with Gasteiger partial charge >= 0.3 is 0 Å². The Labute approximate surface area is 174 Å². The summed E-state index contributed by atoms with van der Waals surface area (Å²) < 4.78 is 0. The Morgan fingerprint density at radius 2 is 1.63 bits per heavy atom. The van der Waals surface area contributed by atoms with Crippen molar-refractivity contribution in [1.29, 1.82) is 0 Å². The second-order valence-corrected chi connectivity index (χ2v) is 6.50. The number of nitrogens with zero attached hydrogens (tertiary/aromatic N) is 1. The van der Waals surface area contributed by atoms with Crippen LogP contribution in [0, 0.1) is 0 Å². The Bertz CT molecular complexity index is 1090. The Hall–Kier alpha value is -4.19. The highest BCUT2D eigenvalue weighted by molar-refractivity contribution is 6.03. The molecule has 0 unspecified atom stereocenters. The number of phenols is 1. The molecule has 150 valence electrons. The summed E-state index contributed by atoms with van der Waals surface area (Å²) in [5, 5.41) is 16.3. The van der Waals surface area contributed by atoms with Crippen LogP contribution in [0.5, 0.6) is 5.75 Å². The van der Waals surface area contributed by atoms with Crippen molar-refractivity contribution in [3.63, 3.8) is 0 Å². The largest absolute Gasteiger partial charge is 0.508 e. The van der Waals surface area contributed by atoms with Crippen molar-refractivity contribution in [2.45, 2.75) is 6.92 Å². The van der Waals surface area contributed by atoms with Crippen molar-refractivity contribution in [3.05, 3.63) is 102 Å². The molecule has 6 nitrogen and oxygen atoms in total. The molecular weight excluding hydrogens is 378 g/mol. The number of benzene rings is 3. The van der Waals surface area contributed by atoms with E-state index in [1.807, 2.05) is 30.3 Å². The maximum Gasteiger partial charge on any atom is 0.271 e. The summed E-state index contributed by atoms with van der Waals surface area (Å²) in [6.07, 6.45) is 3.22. The van der Waals surface area contributed by atoms with E-state index < -0.39 is 5.91 Å². The molecule has 0 saturated heterocycles. The van der Waals surface area contributed by atoms with E-state index >= 15 is 0 Å². The van der Waals surface area contributed by atoms with Gasteiger partial charge in [0.25, 0.3) is 5.91 Å². The minimum absolute atomic E-state index is 0.0135. The van der Waals surface area contributed by atoms with E-state index in [0.717, 1.165) is 11.1 Å². The zero-order valence-electron chi connectivity index (χ0n) is 16.4. The Morgan fingerprint density at radius 1 is 0.900 bits per heavy atom. The van der Waals surface area contributed by atoms with Crippen LogP contribution in [0.3, 0.4) is 0 Å². The Balaban J connectivity index is 1.57. The number of phenolic OH excluding ortho intramolecular Hbond substituents is 1. The molecule has 0 aliphatic heterocycles. The van der Waals surface area contributed by atoms with Gasteiger partial charge in [0, 0.05) is 17.3 Å². The van der Waals surface area contributed by atoms with Gasteiger partial charge in [-0.1, -0.05) is 48.5 Å². The van der Waals surface area contributed by atoms with Gasteiger partial charge in [-0.3, -0.25) is 9.59 Å². The van der Waals surface area contributed by atoms with E-state index in [1.54, 1.807) is 49.4 Å². The molecule has 0 atom stereocenters. The molecule has 0 aliphatic rings. The molecular formula is C24H21N3O3. The number of hydrazone groups is 1. The fraction of sp³-hybridized carbons (Fsp3) is 0.0417. The van der Waals surface area contributed by atoms with Crippen LogP contribution in [0.2, 0.25) is 0 Å². The molecule has 3 rings (SSSR count). The first kappa shape index (κ1) is 20.5. The van der Waals surface area contributed by atoms with Crippen LogP contribution in [0.4, 0.5) is 5.69 Å². The van der Waals surface area contributed by atoms with Crippen LogP contribution in [0.15, 0.2) is 90.0 Å². The third kappa shape index (κ3) is 5.90. The minimum Gasteiger partial charge on any atom is -0.508 e. The van der Waals surface area contributed by atoms with E-state index in [4.69, 9.17) is 0 Å². The van der Waals surface area contributed by atoms with Crippen LogP contribution in [-0.2, 0) is 4.79 Å². The van der Waals surface area contributed by atoms with Gasteiger partial charge < -0.3 is 10.4 Å². The highest BCUT2D eigenvalue weighted by Gasteiger charge is 2.06. The molecule has 0 aliphatic carbocycles. The van der Waals surface area contributed by atoms with E-state index in [0.29, 0.717) is 17.0 Å². The van der Waals surface area contributed by atoms with Crippen molar-refractivity contribution in [1.82, 2.24) is 5.43 Å². The van der Waals surface area contributed by atoms with Gasteiger partial charge in [-0.2, -0.15) is 5.10 Å². The molecule has 3 aromatic carbocycles. The molecule has 0 aromatic heterocycles. The molecule has 2 amide bonds. The average molecular weight is 399 g/mol. The summed E-state index contributed by atoms with van der Waals surface area (Å²) in [5.74, 6) is -0.630. The number of hydrogen-bond acceptors (Lipinski definition) is 4. The minimum atomic E-state index is -0.417. The number of amides is 2. The molecule has 0 saturated carbocycles. The highest BCUT2D eigenvalue weighted by atomic mass is 16.3. The number of aromatic hydroxyl groups is 1. The molecule has 0 radical (unpaired) electrons. The van der Waals surface area contributed by atoms with Crippen molar-refractivity contribution in [3.8, 4) is 5.75 Å². The monoisotopic (exact) mass is 399 g/mol. The topological polar surface area (TPSA) is 90.8 Å². The lowest BCUT2D eigenvalue weighted by Gasteiger charge is -2.06. The van der Waals surface area contributed by atoms with Crippen LogP contribution < -0.4 is 10.7 Å². The van der Waals surface area contributed by atoms with Gasteiger partial charge in [0.2, 0.25) is 5.91 Å². The number of anilines is 1. The van der Waals surface area contributed by atoms with Gasteiger partial charge in [0.15, 0.2) is 0 Å². The lowest BCUT2D eigenvalue weighted by molar-refractivity contribution is -0.111. The predicted molar refractivity (Wildman–Crippen MR) is 118 cm³/mol. The fourth-order valence-corrected chi connectivity index (χ4v) is 2.63. The summed E-state index contributed by atoms with van der Waals surface area (Å²) in [4.78, 5) is 24.1. The van der Waals surface area contributed by atoms with Crippen LogP contribution >= 0.6 is 0 Å². The summed E-state index contributed by atoms with van der Waals surface area (Å²) in [7, 11) is 0. The fourth-order valence-electron chi connectivity index (χ4n) is 2.63. The van der Waals surface area contributed by atoms with Gasteiger partial charge in [0.1, 0.15) is 5.75 Å². The number of rotatable bonds is 6. The van der Waals surface area contributed by atoms with Crippen molar-refractivity contribution < 1.29 is 14.7 Å². The summed E-state index contributed by atoms with van der Waals surface area (Å²) in [6, 6.07) is 22.7. The molecule has 3 aromatic rings. The molecule has 6 heteroatoms. The first-order chi connectivity index (χ1) is 14.5. The third-order valence-corrected chi connectivity index (χ3v) is 4.23. The molecule has 3 N–H and O–H groups in total. The van der Waals surface area contributed by atoms with Gasteiger partial charge in [-0.15, -0.1) is 0 Å². The molecule has 0 fully saturated rings. The standard InChI is InChI=1S/C24H21N3O3/c1-17(26-27-24(30)20-8-5-9-22(28)16-20)19-11-13-21(14-12-19)25-23(29)15-10-18-6-3-2-4-7-18/h2-16,28H,1H3,(H,25,29)(H,27,30). The number of carbonyl (C=O) groups is 2. The summed E-state index contributed by atoms with van der Waals surface area (Å²) in [6.45, 7) is 1.76. The quantitative estimate of drug-likeness (QED) is 0.330. The van der Waals surface area contributed by atoms with Crippen LogP contribution in [0.25, 0.3) is 6.08 Å². The molecule has 0 spiro atoms. The number of hydrogen-bond donors (Lipinski definition) is 3. The van der Waals surface area contributed by atoms with Gasteiger partial charge in [-0.05, 0) is 54.5 Å². The summed E-state index contributed by atoms with van der Waals surface area (Å²) in [5.41, 5.74) is 5.77. The van der Waals surface area contributed by atoms with Gasteiger partial charge in [-0.25, -0.2) is 5.43 Å². The van der Waals surface area contributed by atoms with E-state index in [1.165, 1.54) is 18.2 Å². The second-order valence-electron chi connectivity index (χ2n) is 6.50. The Morgan fingerprint density at radius 3 is 2.33 bits per heavy atom. The molecule has 0 heterocycles. The first-order valence-electron chi connectivity index (χ1n) is 9.29. The van der Waals surface area contributed by atoms with Crippen molar-refractivity contribution in [2.24, 2.45) is 5.10 Å². The first-order valence-corrected chi connectivity index (χ1v) is 9.29. The SMILES string of the molecule is CC(=NNC(=O)c1cccc(O)c1)c1ccc(NC(=O)C=Cc2ccccc2)cc1. The second kappa shape index (κ2) is 9.84. The van der Waals surface area contributed by atoms with E-state index in [9.17, 15) is 14.7 Å². The lowest BCUT2D eigenvalue weighted by Crippen LogP contribution is -2.19. The lowest BCUT2D eigenvalue weighted by atomic mass is 10.1. The van der Waals surface area contributed by atoms with E-state index in [-0.39, 0.29) is 11.7 Å². The van der Waals surface area contributed by atoms with E-state index in [2.05, 4.69) is 15.8 Å². The van der Waals surface area contributed by atoms with Crippen molar-refractivity contribution >= 4 is 29.3 Å². The predicted octanol–water partition coefficient (Wildman–Crippen LogP) is 4.20. The zero-order valence-corrected chi connectivity index (χ0v) is 16.4. The maximum absolute atomic E-state index is 12.1. The number of nitrogens with one attached hydrogen (secondary N) is 2. The maximum atomic E-state index is 12.1. The zero-order chi connectivity index (χ0) is 21.3. The molecule has 30 heavy (non-hydrogen) atoms. The number of carbonyl (C=O) groups excluding carboxylic acids is 2.